The van der Waals surface area contributed by atoms with E-state index in [-0.39, 0.29) is 26.3 Å². The zero-order chi connectivity index (χ0) is 13.8. The van der Waals surface area contributed by atoms with Crippen molar-refractivity contribution in [1.82, 2.24) is 4.31 Å². The fourth-order valence-corrected chi connectivity index (χ4v) is 3.46. The van der Waals surface area contributed by atoms with E-state index in [1.54, 1.807) is 0 Å². The van der Waals surface area contributed by atoms with Crippen molar-refractivity contribution in [2.24, 2.45) is 5.73 Å². The average Bonchev–Trinajstić information content (AvgIpc) is 2.27. The Kier molecular flexibility index (Phi) is 5.38. The van der Waals surface area contributed by atoms with Crippen molar-refractivity contribution >= 4 is 10.0 Å². The number of ether oxygens (including phenoxy) is 1. The maximum Gasteiger partial charge on any atom is 0.389 e. The van der Waals surface area contributed by atoms with Gasteiger partial charge >= 0.3 is 6.18 Å². The zero-order valence-electron chi connectivity index (χ0n) is 9.82. The smallest absolute Gasteiger partial charge is 0.378 e. The second-order valence-electron chi connectivity index (χ2n) is 4.11. The highest BCUT2D eigenvalue weighted by molar-refractivity contribution is 7.89. The maximum atomic E-state index is 12.0. The number of hydrogen-bond donors (Lipinski definition) is 1. The van der Waals surface area contributed by atoms with Crippen molar-refractivity contribution in [2.45, 2.75) is 25.1 Å². The molecule has 1 saturated heterocycles. The van der Waals surface area contributed by atoms with Crippen LogP contribution in [0.5, 0.6) is 0 Å². The van der Waals surface area contributed by atoms with E-state index in [4.69, 9.17) is 10.5 Å². The lowest BCUT2D eigenvalue weighted by molar-refractivity contribution is -0.134. The van der Waals surface area contributed by atoms with Crippen molar-refractivity contribution in [3.05, 3.63) is 0 Å². The number of morpholine rings is 1. The van der Waals surface area contributed by atoms with Gasteiger partial charge in [0.15, 0.2) is 0 Å². The van der Waals surface area contributed by atoms with E-state index in [1.165, 1.54) is 0 Å². The summed E-state index contributed by atoms with van der Waals surface area (Å²) < 4.78 is 65.9. The molecule has 1 heterocycles. The van der Waals surface area contributed by atoms with Crippen LogP contribution in [0.1, 0.15) is 12.8 Å². The molecular formula is C9H17F3N2O3S. The molecule has 1 aliphatic rings. The lowest BCUT2D eigenvalue weighted by Gasteiger charge is -2.33. The Labute approximate surface area is 104 Å². The van der Waals surface area contributed by atoms with Crippen LogP contribution in [0.4, 0.5) is 13.2 Å². The van der Waals surface area contributed by atoms with Crippen LogP contribution in [0.2, 0.25) is 0 Å². The van der Waals surface area contributed by atoms with Crippen molar-refractivity contribution in [3.63, 3.8) is 0 Å². The lowest BCUT2D eigenvalue weighted by Crippen LogP contribution is -2.52. The molecule has 1 fully saturated rings. The summed E-state index contributed by atoms with van der Waals surface area (Å²) in [5.74, 6) is -0.511. The Morgan fingerprint density at radius 1 is 1.39 bits per heavy atom. The molecule has 9 heteroatoms. The predicted octanol–water partition coefficient (Wildman–Crippen LogP) is 0.318. The number of nitrogens with two attached hydrogens (primary N) is 1. The Hall–Kier alpha value is -0.380. The van der Waals surface area contributed by atoms with Crippen LogP contribution >= 0.6 is 0 Å². The van der Waals surface area contributed by atoms with Crippen LogP contribution < -0.4 is 5.73 Å². The minimum absolute atomic E-state index is 0.0957. The largest absolute Gasteiger partial charge is 0.389 e. The number of rotatable bonds is 5. The standard InChI is InChI=1S/C9H17F3N2O3S/c10-9(11,12)2-1-5-18(15,16)14-3-4-17-7-8(14)6-13/h8H,1-7,13H2. The van der Waals surface area contributed by atoms with Gasteiger partial charge in [0.05, 0.1) is 25.0 Å². The second kappa shape index (κ2) is 6.18. The number of hydrogen-bond acceptors (Lipinski definition) is 4. The first-order valence-corrected chi connectivity index (χ1v) is 7.21. The summed E-state index contributed by atoms with van der Waals surface area (Å²) in [5.41, 5.74) is 5.42. The fourth-order valence-electron chi connectivity index (χ4n) is 1.76. The van der Waals surface area contributed by atoms with E-state index < -0.39 is 40.8 Å². The number of sulfonamides is 1. The summed E-state index contributed by atoms with van der Waals surface area (Å²) in [4.78, 5) is 0. The van der Waals surface area contributed by atoms with E-state index in [0.717, 1.165) is 4.31 Å². The first-order valence-electron chi connectivity index (χ1n) is 5.60. The maximum absolute atomic E-state index is 12.0. The summed E-state index contributed by atoms with van der Waals surface area (Å²) in [6.45, 7) is 0.679. The molecule has 1 rings (SSSR count). The third kappa shape index (κ3) is 4.71. The molecule has 0 bridgehead atoms. The van der Waals surface area contributed by atoms with Crippen LogP contribution in [0.3, 0.4) is 0 Å². The monoisotopic (exact) mass is 290 g/mol. The van der Waals surface area contributed by atoms with Gasteiger partial charge in [0.25, 0.3) is 0 Å². The van der Waals surface area contributed by atoms with Crippen LogP contribution in [-0.4, -0.2) is 57.0 Å². The van der Waals surface area contributed by atoms with E-state index >= 15 is 0 Å². The molecule has 0 aliphatic carbocycles. The lowest BCUT2D eigenvalue weighted by atomic mass is 10.3. The van der Waals surface area contributed by atoms with E-state index in [9.17, 15) is 21.6 Å². The summed E-state index contributed by atoms with van der Waals surface area (Å²) in [6, 6.07) is -0.477. The topological polar surface area (TPSA) is 72.6 Å². The molecule has 5 nitrogen and oxygen atoms in total. The van der Waals surface area contributed by atoms with E-state index in [1.807, 2.05) is 0 Å². The number of alkyl halides is 3. The van der Waals surface area contributed by atoms with Gasteiger partial charge in [-0.3, -0.25) is 0 Å². The minimum atomic E-state index is -4.33. The molecule has 2 N–H and O–H groups in total. The Bertz CT molecular complexity index is 359. The van der Waals surface area contributed by atoms with Crippen LogP contribution in [0, 0.1) is 0 Å². The molecule has 1 atom stereocenters. The van der Waals surface area contributed by atoms with Crippen molar-refractivity contribution in [2.75, 3.05) is 32.1 Å². The van der Waals surface area contributed by atoms with Gasteiger partial charge < -0.3 is 10.5 Å². The third-order valence-electron chi connectivity index (χ3n) is 2.67. The van der Waals surface area contributed by atoms with Gasteiger partial charge in [-0.15, -0.1) is 0 Å². The molecule has 0 radical (unpaired) electrons. The molecule has 1 unspecified atom stereocenters. The molecule has 0 amide bonds. The minimum Gasteiger partial charge on any atom is -0.378 e. The van der Waals surface area contributed by atoms with Gasteiger partial charge in [0.2, 0.25) is 10.0 Å². The molecule has 18 heavy (non-hydrogen) atoms. The van der Waals surface area contributed by atoms with Crippen molar-refractivity contribution in [1.29, 1.82) is 0 Å². The highest BCUT2D eigenvalue weighted by atomic mass is 32.2. The van der Waals surface area contributed by atoms with Gasteiger partial charge in [0, 0.05) is 19.5 Å². The highest BCUT2D eigenvalue weighted by Gasteiger charge is 2.33. The zero-order valence-corrected chi connectivity index (χ0v) is 10.6. The Balaban J connectivity index is 2.56. The van der Waals surface area contributed by atoms with Crippen LogP contribution in [0.25, 0.3) is 0 Å². The normalized spacial score (nSPS) is 23.2. The molecule has 0 aromatic carbocycles. The first kappa shape index (κ1) is 15.7. The molecule has 0 aromatic heterocycles. The van der Waals surface area contributed by atoms with Crippen LogP contribution in [0.15, 0.2) is 0 Å². The molecule has 0 spiro atoms. The summed E-state index contributed by atoms with van der Waals surface area (Å²) in [5, 5.41) is 0. The SMILES string of the molecule is NCC1COCCN1S(=O)(=O)CCCC(F)(F)F. The van der Waals surface area contributed by atoms with Crippen LogP contribution in [-0.2, 0) is 14.8 Å². The number of nitrogens with zero attached hydrogens (tertiary/aromatic N) is 1. The van der Waals surface area contributed by atoms with Gasteiger partial charge in [-0.1, -0.05) is 0 Å². The van der Waals surface area contributed by atoms with E-state index in [2.05, 4.69) is 0 Å². The highest BCUT2D eigenvalue weighted by Crippen LogP contribution is 2.22. The Morgan fingerprint density at radius 3 is 2.61 bits per heavy atom. The van der Waals surface area contributed by atoms with Crippen molar-refractivity contribution in [3.8, 4) is 0 Å². The second-order valence-corrected chi connectivity index (χ2v) is 6.15. The summed E-state index contributed by atoms with van der Waals surface area (Å²) in [6.07, 6.45) is -5.85. The average molecular weight is 290 g/mol. The molecule has 0 aromatic rings. The van der Waals surface area contributed by atoms with Gasteiger partial charge in [-0.2, -0.15) is 17.5 Å². The first-order chi connectivity index (χ1) is 8.26. The van der Waals surface area contributed by atoms with Gasteiger partial charge in [-0.05, 0) is 6.42 Å². The van der Waals surface area contributed by atoms with Crippen molar-refractivity contribution < 1.29 is 26.3 Å². The van der Waals surface area contributed by atoms with E-state index in [0.29, 0.717) is 0 Å². The molecular weight excluding hydrogens is 273 g/mol. The van der Waals surface area contributed by atoms with Gasteiger partial charge in [0.1, 0.15) is 0 Å². The summed E-state index contributed by atoms with van der Waals surface area (Å²) in [7, 11) is -3.69. The predicted molar refractivity (Wildman–Crippen MR) is 59.4 cm³/mol. The fraction of sp³-hybridized carbons (Fsp3) is 1.00. The third-order valence-corrected chi connectivity index (χ3v) is 4.67. The Morgan fingerprint density at radius 2 is 2.06 bits per heavy atom. The molecule has 1 aliphatic heterocycles. The summed E-state index contributed by atoms with van der Waals surface area (Å²) >= 11 is 0. The number of halogens is 3. The quantitative estimate of drug-likeness (QED) is 0.791. The molecule has 0 saturated carbocycles. The van der Waals surface area contributed by atoms with Gasteiger partial charge in [-0.25, -0.2) is 8.42 Å². The molecule has 108 valence electrons.